The van der Waals surface area contributed by atoms with Gasteiger partial charge in [0.1, 0.15) is 10.7 Å². The summed E-state index contributed by atoms with van der Waals surface area (Å²) in [6, 6.07) is 3.33. The molecule has 0 spiro atoms. The lowest BCUT2D eigenvalue weighted by molar-refractivity contribution is 0.157. The van der Waals surface area contributed by atoms with E-state index in [1.807, 2.05) is 0 Å². The van der Waals surface area contributed by atoms with E-state index in [0.717, 1.165) is 19.4 Å². The predicted molar refractivity (Wildman–Crippen MR) is 81.8 cm³/mol. The lowest BCUT2D eigenvalue weighted by Crippen LogP contribution is -2.29. The summed E-state index contributed by atoms with van der Waals surface area (Å²) in [7, 11) is -1.80. The van der Waals surface area contributed by atoms with Crippen molar-refractivity contribution in [1.29, 1.82) is 0 Å². The molecule has 2 rings (SSSR count). The Bertz CT molecular complexity index is 545. The van der Waals surface area contributed by atoms with Crippen molar-refractivity contribution in [2.45, 2.75) is 24.7 Å². The maximum atomic E-state index is 12.5. The van der Waals surface area contributed by atoms with E-state index in [4.69, 9.17) is 4.74 Å². The molecule has 0 amide bonds. The Morgan fingerprint density at radius 1 is 1.48 bits per heavy atom. The second-order valence-corrected chi connectivity index (χ2v) is 7.22. The van der Waals surface area contributed by atoms with Crippen molar-refractivity contribution >= 4 is 15.8 Å². The zero-order chi connectivity index (χ0) is 15.3. The highest BCUT2D eigenvalue weighted by Crippen LogP contribution is 2.24. The van der Waals surface area contributed by atoms with Gasteiger partial charge in [-0.15, -0.1) is 0 Å². The number of aromatic nitrogens is 1. The number of hydrogen-bond acceptors (Lipinski definition) is 5. The second kappa shape index (κ2) is 7.20. The lowest BCUT2D eigenvalue weighted by Gasteiger charge is -2.16. The Morgan fingerprint density at radius 3 is 2.90 bits per heavy atom. The summed E-state index contributed by atoms with van der Waals surface area (Å²) >= 11 is 0. The minimum absolute atomic E-state index is 0.252. The first-order chi connectivity index (χ1) is 10.1. The van der Waals surface area contributed by atoms with Crippen LogP contribution in [0, 0.1) is 5.92 Å². The Kier molecular flexibility index (Phi) is 5.55. The normalized spacial score (nSPS) is 19.8. The van der Waals surface area contributed by atoms with Gasteiger partial charge >= 0.3 is 0 Å². The quantitative estimate of drug-likeness (QED) is 0.827. The minimum Gasteiger partial charge on any atom is -0.384 e. The van der Waals surface area contributed by atoms with Crippen molar-refractivity contribution in [1.82, 2.24) is 9.29 Å². The predicted octanol–water partition coefficient (Wildman–Crippen LogP) is 1.56. The van der Waals surface area contributed by atoms with Crippen LogP contribution in [0.1, 0.15) is 19.8 Å². The largest absolute Gasteiger partial charge is 0.384 e. The van der Waals surface area contributed by atoms with Gasteiger partial charge in [-0.05, 0) is 30.9 Å². The molecule has 1 fully saturated rings. The SMILES string of the molecule is CCCNc1ccc(S(=O)(=O)N2CCC(COC)C2)cn1. The van der Waals surface area contributed by atoms with Gasteiger partial charge in [-0.2, -0.15) is 4.31 Å². The number of pyridine rings is 1. The molecule has 0 aromatic carbocycles. The van der Waals surface area contributed by atoms with E-state index in [0.29, 0.717) is 25.5 Å². The summed E-state index contributed by atoms with van der Waals surface area (Å²) in [6.07, 6.45) is 3.27. The van der Waals surface area contributed by atoms with Gasteiger partial charge in [-0.3, -0.25) is 0 Å². The van der Waals surface area contributed by atoms with Crippen molar-refractivity contribution in [3.63, 3.8) is 0 Å². The molecular weight excluding hydrogens is 290 g/mol. The molecule has 1 aliphatic heterocycles. The van der Waals surface area contributed by atoms with Crippen LogP contribution in [0.5, 0.6) is 0 Å². The fourth-order valence-electron chi connectivity index (χ4n) is 2.43. The highest BCUT2D eigenvalue weighted by Gasteiger charge is 2.32. The first-order valence-corrected chi connectivity index (χ1v) is 8.71. The molecule has 1 unspecified atom stereocenters. The fourth-order valence-corrected chi connectivity index (χ4v) is 3.90. The zero-order valence-electron chi connectivity index (χ0n) is 12.6. The molecule has 1 aromatic rings. The van der Waals surface area contributed by atoms with Crippen molar-refractivity contribution in [3.8, 4) is 0 Å². The molecule has 2 heterocycles. The summed E-state index contributed by atoms with van der Waals surface area (Å²) in [5, 5.41) is 3.13. The third kappa shape index (κ3) is 3.93. The van der Waals surface area contributed by atoms with Crippen LogP contribution in [0.2, 0.25) is 0 Å². The number of methoxy groups -OCH3 is 1. The first-order valence-electron chi connectivity index (χ1n) is 7.27. The first kappa shape index (κ1) is 16.2. The highest BCUT2D eigenvalue weighted by atomic mass is 32.2. The van der Waals surface area contributed by atoms with Gasteiger partial charge in [0.25, 0.3) is 0 Å². The zero-order valence-corrected chi connectivity index (χ0v) is 13.4. The molecule has 0 saturated carbocycles. The van der Waals surface area contributed by atoms with Gasteiger partial charge in [0.2, 0.25) is 10.0 Å². The van der Waals surface area contributed by atoms with Crippen molar-refractivity contribution in [2.24, 2.45) is 5.92 Å². The van der Waals surface area contributed by atoms with E-state index >= 15 is 0 Å². The van der Waals surface area contributed by atoms with Crippen LogP contribution in [0.4, 0.5) is 5.82 Å². The van der Waals surface area contributed by atoms with E-state index in [1.165, 1.54) is 10.5 Å². The number of anilines is 1. The van der Waals surface area contributed by atoms with Gasteiger partial charge < -0.3 is 10.1 Å². The van der Waals surface area contributed by atoms with E-state index < -0.39 is 10.0 Å². The van der Waals surface area contributed by atoms with Gasteiger partial charge in [-0.25, -0.2) is 13.4 Å². The molecule has 0 radical (unpaired) electrons. The summed E-state index contributed by atoms with van der Waals surface area (Å²) in [4.78, 5) is 4.42. The molecule has 1 atom stereocenters. The van der Waals surface area contributed by atoms with Crippen LogP contribution >= 0.6 is 0 Å². The van der Waals surface area contributed by atoms with E-state index in [1.54, 1.807) is 19.2 Å². The standard InChI is InChI=1S/C14H23N3O3S/c1-3-7-15-14-5-4-13(9-16-14)21(18,19)17-8-6-12(10-17)11-20-2/h4-5,9,12H,3,6-8,10-11H2,1-2H3,(H,15,16). The second-order valence-electron chi connectivity index (χ2n) is 5.28. The maximum Gasteiger partial charge on any atom is 0.244 e. The molecule has 7 heteroatoms. The van der Waals surface area contributed by atoms with Gasteiger partial charge in [0, 0.05) is 32.9 Å². The van der Waals surface area contributed by atoms with Crippen LogP contribution in [0.15, 0.2) is 23.2 Å². The lowest BCUT2D eigenvalue weighted by atomic mass is 10.1. The third-order valence-electron chi connectivity index (χ3n) is 3.58. The van der Waals surface area contributed by atoms with E-state index in [9.17, 15) is 8.42 Å². The topological polar surface area (TPSA) is 71.5 Å². The summed E-state index contributed by atoms with van der Waals surface area (Å²) < 4.78 is 31.7. The molecule has 0 aliphatic carbocycles. The molecule has 21 heavy (non-hydrogen) atoms. The highest BCUT2D eigenvalue weighted by molar-refractivity contribution is 7.89. The Hall–Kier alpha value is -1.18. The number of nitrogens with one attached hydrogen (secondary N) is 1. The van der Waals surface area contributed by atoms with Crippen LogP contribution in [-0.2, 0) is 14.8 Å². The van der Waals surface area contributed by atoms with Gasteiger partial charge in [-0.1, -0.05) is 6.92 Å². The van der Waals surface area contributed by atoms with Gasteiger partial charge in [0.15, 0.2) is 0 Å². The van der Waals surface area contributed by atoms with Crippen molar-refractivity contribution in [2.75, 3.05) is 38.7 Å². The average Bonchev–Trinajstić information content (AvgIpc) is 2.95. The molecule has 1 aromatic heterocycles. The minimum atomic E-state index is -3.44. The Balaban J connectivity index is 2.06. The fraction of sp³-hybridized carbons (Fsp3) is 0.643. The third-order valence-corrected chi connectivity index (χ3v) is 5.43. The number of sulfonamides is 1. The summed E-state index contributed by atoms with van der Waals surface area (Å²) in [5.74, 6) is 0.984. The van der Waals surface area contributed by atoms with Gasteiger partial charge in [0.05, 0.1) is 6.61 Å². The van der Waals surface area contributed by atoms with E-state index in [-0.39, 0.29) is 10.8 Å². The number of rotatable bonds is 7. The number of nitrogens with zero attached hydrogens (tertiary/aromatic N) is 2. The van der Waals surface area contributed by atoms with Crippen LogP contribution < -0.4 is 5.32 Å². The smallest absolute Gasteiger partial charge is 0.244 e. The summed E-state index contributed by atoms with van der Waals surface area (Å²) in [5.41, 5.74) is 0. The monoisotopic (exact) mass is 313 g/mol. The average molecular weight is 313 g/mol. The molecule has 1 aliphatic rings. The molecule has 6 nitrogen and oxygen atoms in total. The molecule has 1 N–H and O–H groups in total. The van der Waals surface area contributed by atoms with Crippen LogP contribution in [0.25, 0.3) is 0 Å². The Labute approximate surface area is 126 Å². The van der Waals surface area contributed by atoms with Crippen LogP contribution in [0.3, 0.4) is 0 Å². The maximum absolute atomic E-state index is 12.5. The van der Waals surface area contributed by atoms with Crippen molar-refractivity contribution < 1.29 is 13.2 Å². The summed E-state index contributed by atoms with van der Waals surface area (Å²) in [6.45, 7) is 4.56. The van der Waals surface area contributed by atoms with Crippen molar-refractivity contribution in [3.05, 3.63) is 18.3 Å². The number of ether oxygens (including phenoxy) is 1. The Morgan fingerprint density at radius 2 is 2.29 bits per heavy atom. The van der Waals surface area contributed by atoms with E-state index in [2.05, 4.69) is 17.2 Å². The molecular formula is C14H23N3O3S. The molecule has 0 bridgehead atoms. The van der Waals surface area contributed by atoms with Crippen LogP contribution in [-0.4, -0.2) is 51.1 Å². The molecule has 118 valence electrons. The molecule has 1 saturated heterocycles. The number of hydrogen-bond donors (Lipinski definition) is 1.